The maximum Gasteiger partial charge on any atom is 0.0593 e. The Labute approximate surface area is 99.0 Å². The minimum absolute atomic E-state index is 0.755. The van der Waals surface area contributed by atoms with E-state index in [4.69, 9.17) is 11.6 Å². The van der Waals surface area contributed by atoms with Crippen molar-refractivity contribution in [2.75, 3.05) is 11.9 Å². The average Bonchev–Trinajstić information content (AvgIpc) is 2.19. The largest absolute Gasteiger partial charge is 0.384 e. The predicted molar refractivity (Wildman–Crippen MR) is 67.2 cm³/mol. The van der Waals surface area contributed by atoms with Gasteiger partial charge in [0.1, 0.15) is 0 Å². The van der Waals surface area contributed by atoms with Gasteiger partial charge in [0, 0.05) is 12.2 Å². The molecule has 0 heterocycles. The summed E-state index contributed by atoms with van der Waals surface area (Å²) >= 11 is 9.42. The van der Waals surface area contributed by atoms with Crippen molar-refractivity contribution >= 4 is 33.2 Å². The topological polar surface area (TPSA) is 12.0 Å². The van der Waals surface area contributed by atoms with Gasteiger partial charge in [0.2, 0.25) is 0 Å². The third-order valence-corrected chi connectivity index (χ3v) is 3.44. The summed E-state index contributed by atoms with van der Waals surface area (Å²) in [5.74, 6) is 0. The van der Waals surface area contributed by atoms with E-state index in [0.29, 0.717) is 0 Å². The van der Waals surface area contributed by atoms with Gasteiger partial charge in [-0.25, -0.2) is 0 Å². The van der Waals surface area contributed by atoms with Crippen LogP contribution in [0.2, 0.25) is 5.02 Å². The van der Waals surface area contributed by atoms with Gasteiger partial charge in [-0.15, -0.1) is 0 Å². The molecule has 0 bridgehead atoms. The molecule has 0 amide bonds. The molecular weight excluding hydrogens is 261 g/mol. The Morgan fingerprint density at radius 3 is 2.86 bits per heavy atom. The monoisotopic (exact) mass is 275 g/mol. The van der Waals surface area contributed by atoms with Crippen LogP contribution >= 0.6 is 27.5 Å². The zero-order chi connectivity index (χ0) is 10.4. The number of nitrogens with one attached hydrogen (secondary N) is 1. The van der Waals surface area contributed by atoms with E-state index in [9.17, 15) is 0 Å². The van der Waals surface area contributed by atoms with Crippen molar-refractivity contribution in [3.8, 4) is 0 Å². The normalized spacial score (nSPS) is 10.2. The Bertz CT molecular complexity index is 289. The van der Waals surface area contributed by atoms with Crippen LogP contribution in [0.1, 0.15) is 26.2 Å². The molecule has 0 saturated carbocycles. The van der Waals surface area contributed by atoms with E-state index in [1.54, 1.807) is 0 Å². The Balaban J connectivity index is 2.46. The quantitative estimate of drug-likeness (QED) is 0.768. The Hall–Kier alpha value is -0.210. The van der Waals surface area contributed by atoms with Crippen LogP contribution in [0.25, 0.3) is 0 Å². The molecule has 0 spiro atoms. The van der Waals surface area contributed by atoms with Crippen molar-refractivity contribution in [2.24, 2.45) is 0 Å². The highest BCUT2D eigenvalue weighted by Crippen LogP contribution is 2.29. The maximum absolute atomic E-state index is 5.97. The van der Waals surface area contributed by atoms with Gasteiger partial charge in [0.05, 0.1) is 9.50 Å². The summed E-state index contributed by atoms with van der Waals surface area (Å²) in [5, 5.41) is 4.11. The first-order valence-corrected chi connectivity index (χ1v) is 6.10. The molecule has 0 aliphatic rings. The first-order valence-electron chi connectivity index (χ1n) is 4.93. The van der Waals surface area contributed by atoms with Crippen molar-refractivity contribution in [1.82, 2.24) is 0 Å². The van der Waals surface area contributed by atoms with Crippen molar-refractivity contribution in [1.29, 1.82) is 0 Å². The van der Waals surface area contributed by atoms with Crippen molar-refractivity contribution in [3.05, 3.63) is 27.7 Å². The molecule has 1 aromatic carbocycles. The number of hydrogen-bond donors (Lipinski definition) is 1. The first kappa shape index (κ1) is 11.9. The van der Waals surface area contributed by atoms with Crippen molar-refractivity contribution in [2.45, 2.75) is 26.2 Å². The van der Waals surface area contributed by atoms with Crippen LogP contribution in [0.4, 0.5) is 5.69 Å². The molecule has 0 saturated heterocycles. The summed E-state index contributed by atoms with van der Waals surface area (Å²) in [6, 6.07) is 5.86. The molecule has 1 nitrogen and oxygen atoms in total. The third kappa shape index (κ3) is 3.50. The van der Waals surface area contributed by atoms with Gasteiger partial charge >= 0.3 is 0 Å². The second-order valence-electron chi connectivity index (χ2n) is 3.24. The summed E-state index contributed by atoms with van der Waals surface area (Å²) in [5.41, 5.74) is 1.08. The second kappa shape index (κ2) is 6.31. The van der Waals surface area contributed by atoms with E-state index in [2.05, 4.69) is 28.2 Å². The molecule has 0 unspecified atom stereocenters. The standard InChI is InChI=1S/C11H15BrClN/c1-2-3-4-8-14-10-7-5-6-9(13)11(10)12/h5-7,14H,2-4,8H2,1H3. The van der Waals surface area contributed by atoms with Crippen molar-refractivity contribution in [3.63, 3.8) is 0 Å². The molecule has 1 aromatic rings. The Morgan fingerprint density at radius 1 is 1.36 bits per heavy atom. The van der Waals surface area contributed by atoms with Gasteiger partial charge in [0.25, 0.3) is 0 Å². The first-order chi connectivity index (χ1) is 6.75. The van der Waals surface area contributed by atoms with E-state index in [1.807, 2.05) is 18.2 Å². The Kier molecular flexibility index (Phi) is 5.34. The molecule has 0 aliphatic heterocycles. The molecule has 0 fully saturated rings. The third-order valence-electron chi connectivity index (χ3n) is 2.05. The van der Waals surface area contributed by atoms with Crippen LogP contribution < -0.4 is 5.32 Å². The summed E-state index contributed by atoms with van der Waals surface area (Å²) in [4.78, 5) is 0. The van der Waals surface area contributed by atoms with Gasteiger partial charge in [-0.2, -0.15) is 0 Å². The lowest BCUT2D eigenvalue weighted by Crippen LogP contribution is -2.01. The molecule has 3 heteroatoms. The molecular formula is C11H15BrClN. The Morgan fingerprint density at radius 2 is 2.14 bits per heavy atom. The molecule has 1 N–H and O–H groups in total. The molecule has 1 rings (SSSR count). The summed E-state index contributed by atoms with van der Waals surface area (Å²) in [6.45, 7) is 3.21. The molecule has 0 aliphatic carbocycles. The van der Waals surface area contributed by atoms with E-state index in [-0.39, 0.29) is 0 Å². The van der Waals surface area contributed by atoms with Crippen LogP contribution in [-0.4, -0.2) is 6.54 Å². The number of hydrogen-bond acceptors (Lipinski definition) is 1. The number of benzene rings is 1. The summed E-state index contributed by atoms with van der Waals surface area (Å²) < 4.78 is 0.957. The smallest absolute Gasteiger partial charge is 0.0593 e. The van der Waals surface area contributed by atoms with Crippen molar-refractivity contribution < 1.29 is 0 Å². The fourth-order valence-electron chi connectivity index (χ4n) is 1.24. The second-order valence-corrected chi connectivity index (χ2v) is 4.44. The lowest BCUT2D eigenvalue weighted by Gasteiger charge is -2.08. The zero-order valence-corrected chi connectivity index (χ0v) is 10.7. The number of anilines is 1. The zero-order valence-electron chi connectivity index (χ0n) is 8.32. The van der Waals surface area contributed by atoms with Crippen LogP contribution in [0.3, 0.4) is 0 Å². The van der Waals surface area contributed by atoms with Crippen LogP contribution in [-0.2, 0) is 0 Å². The highest BCUT2D eigenvalue weighted by Gasteiger charge is 2.01. The fourth-order valence-corrected chi connectivity index (χ4v) is 1.82. The van der Waals surface area contributed by atoms with Crippen LogP contribution in [0.15, 0.2) is 22.7 Å². The predicted octanol–water partition coefficient (Wildman–Crippen LogP) is 4.70. The highest BCUT2D eigenvalue weighted by atomic mass is 79.9. The van der Waals surface area contributed by atoms with E-state index in [1.165, 1.54) is 19.3 Å². The lowest BCUT2D eigenvalue weighted by molar-refractivity contribution is 0.743. The SMILES string of the molecule is CCCCCNc1cccc(Cl)c1Br. The van der Waals surface area contributed by atoms with Crippen LogP contribution in [0.5, 0.6) is 0 Å². The maximum atomic E-state index is 5.97. The van der Waals surface area contributed by atoms with Gasteiger partial charge in [-0.3, -0.25) is 0 Å². The summed E-state index contributed by atoms with van der Waals surface area (Å²) in [6.07, 6.45) is 3.72. The minimum atomic E-state index is 0.755. The highest BCUT2D eigenvalue weighted by molar-refractivity contribution is 9.10. The van der Waals surface area contributed by atoms with E-state index >= 15 is 0 Å². The van der Waals surface area contributed by atoms with Gasteiger partial charge in [0.15, 0.2) is 0 Å². The average molecular weight is 277 g/mol. The molecule has 14 heavy (non-hydrogen) atoms. The van der Waals surface area contributed by atoms with Gasteiger partial charge < -0.3 is 5.32 Å². The van der Waals surface area contributed by atoms with E-state index in [0.717, 1.165) is 21.7 Å². The summed E-state index contributed by atoms with van der Waals surface area (Å²) in [7, 11) is 0. The number of halogens is 2. The lowest BCUT2D eigenvalue weighted by atomic mass is 10.2. The van der Waals surface area contributed by atoms with Gasteiger partial charge in [-0.1, -0.05) is 37.4 Å². The van der Waals surface area contributed by atoms with E-state index < -0.39 is 0 Å². The minimum Gasteiger partial charge on any atom is -0.384 e. The number of unbranched alkanes of at least 4 members (excludes halogenated alkanes) is 2. The number of rotatable bonds is 5. The van der Waals surface area contributed by atoms with Crippen LogP contribution in [0, 0.1) is 0 Å². The molecule has 0 radical (unpaired) electrons. The fraction of sp³-hybridized carbons (Fsp3) is 0.455. The molecule has 78 valence electrons. The molecule has 0 atom stereocenters. The van der Waals surface area contributed by atoms with Gasteiger partial charge in [-0.05, 0) is 34.5 Å². The molecule has 0 aromatic heterocycles.